The number of benzene rings is 1. The SMILES string of the molecule is COC/C=C\c1cnc(C(=O)Cc2ccc(F)c([C@]3(C)CCSC(N)=N3)c2)cn1. The fourth-order valence-corrected chi connectivity index (χ4v) is 4.06. The number of nitrogens with two attached hydrogens (primary N) is 1. The Labute approximate surface area is 173 Å². The average Bonchev–Trinajstić information content (AvgIpc) is 2.70. The van der Waals surface area contributed by atoms with Crippen molar-refractivity contribution in [2.24, 2.45) is 10.7 Å². The normalized spacial score (nSPS) is 19.3. The summed E-state index contributed by atoms with van der Waals surface area (Å²) < 4.78 is 19.5. The van der Waals surface area contributed by atoms with Crippen LogP contribution in [0.2, 0.25) is 0 Å². The highest BCUT2D eigenvalue weighted by Gasteiger charge is 2.32. The lowest BCUT2D eigenvalue weighted by Gasteiger charge is -2.30. The van der Waals surface area contributed by atoms with Gasteiger partial charge in [0.15, 0.2) is 11.0 Å². The number of ether oxygens (including phenoxy) is 1. The quantitative estimate of drug-likeness (QED) is 0.699. The van der Waals surface area contributed by atoms with Gasteiger partial charge in [-0.15, -0.1) is 0 Å². The summed E-state index contributed by atoms with van der Waals surface area (Å²) in [5, 5.41) is 0.453. The third-order valence-electron chi connectivity index (χ3n) is 4.68. The van der Waals surface area contributed by atoms with Crippen molar-refractivity contribution < 1.29 is 13.9 Å². The smallest absolute Gasteiger partial charge is 0.187 e. The molecule has 0 unspecified atom stereocenters. The van der Waals surface area contributed by atoms with Gasteiger partial charge in [-0.2, -0.15) is 0 Å². The van der Waals surface area contributed by atoms with Gasteiger partial charge in [-0.1, -0.05) is 23.9 Å². The monoisotopic (exact) mass is 414 g/mol. The summed E-state index contributed by atoms with van der Waals surface area (Å²) in [6, 6.07) is 4.70. The van der Waals surface area contributed by atoms with Crippen molar-refractivity contribution >= 4 is 28.8 Å². The van der Waals surface area contributed by atoms with Gasteiger partial charge in [0.2, 0.25) is 0 Å². The van der Waals surface area contributed by atoms with Crippen LogP contribution in [0.15, 0.2) is 41.7 Å². The molecule has 1 aromatic carbocycles. The molecule has 1 aliphatic rings. The van der Waals surface area contributed by atoms with Gasteiger partial charge in [-0.3, -0.25) is 14.8 Å². The Kier molecular flexibility index (Phi) is 6.76. The Balaban J connectivity index is 1.77. The van der Waals surface area contributed by atoms with E-state index in [4.69, 9.17) is 10.5 Å². The highest BCUT2D eigenvalue weighted by Crippen LogP contribution is 2.36. The number of Topliss-reactive ketones (excluding diaryl/α,β-unsaturated/α-hetero) is 1. The Morgan fingerprint density at radius 1 is 1.38 bits per heavy atom. The van der Waals surface area contributed by atoms with Crippen molar-refractivity contribution in [3.63, 3.8) is 0 Å². The summed E-state index contributed by atoms with van der Waals surface area (Å²) in [7, 11) is 1.60. The van der Waals surface area contributed by atoms with Gasteiger partial charge in [0.05, 0.1) is 30.2 Å². The first kappa shape index (κ1) is 21.1. The van der Waals surface area contributed by atoms with Gasteiger partial charge in [0.1, 0.15) is 11.5 Å². The highest BCUT2D eigenvalue weighted by atomic mass is 32.2. The lowest BCUT2D eigenvalue weighted by Crippen LogP contribution is -2.29. The number of aromatic nitrogens is 2. The lowest BCUT2D eigenvalue weighted by molar-refractivity contribution is 0.0987. The van der Waals surface area contributed by atoms with Crippen molar-refractivity contribution in [2.45, 2.75) is 25.3 Å². The van der Waals surface area contributed by atoms with E-state index in [9.17, 15) is 9.18 Å². The first-order chi connectivity index (χ1) is 13.9. The Hall–Kier alpha value is -2.58. The topological polar surface area (TPSA) is 90.5 Å². The van der Waals surface area contributed by atoms with Gasteiger partial charge in [-0.05, 0) is 37.1 Å². The Bertz CT molecular complexity index is 946. The molecule has 2 aromatic rings. The molecule has 29 heavy (non-hydrogen) atoms. The zero-order chi connectivity index (χ0) is 20.9. The van der Waals surface area contributed by atoms with E-state index in [0.29, 0.717) is 35.0 Å². The van der Waals surface area contributed by atoms with Crippen LogP contribution in [0.4, 0.5) is 4.39 Å². The molecule has 6 nitrogen and oxygen atoms in total. The van der Waals surface area contributed by atoms with Gasteiger partial charge in [-0.25, -0.2) is 9.37 Å². The largest absolute Gasteiger partial charge is 0.381 e. The van der Waals surface area contributed by atoms with Crippen molar-refractivity contribution in [3.8, 4) is 0 Å². The number of nitrogens with zero attached hydrogens (tertiary/aromatic N) is 3. The molecule has 0 bridgehead atoms. The molecule has 0 amide bonds. The number of carbonyl (C=O) groups excluding carboxylic acids is 1. The fourth-order valence-electron chi connectivity index (χ4n) is 3.08. The Morgan fingerprint density at radius 3 is 2.90 bits per heavy atom. The maximum absolute atomic E-state index is 14.5. The zero-order valence-corrected chi connectivity index (χ0v) is 17.2. The fraction of sp³-hybridized carbons (Fsp3) is 0.333. The minimum absolute atomic E-state index is 0.102. The number of hydrogen-bond donors (Lipinski definition) is 1. The van der Waals surface area contributed by atoms with E-state index >= 15 is 0 Å². The first-order valence-electron chi connectivity index (χ1n) is 9.19. The highest BCUT2D eigenvalue weighted by molar-refractivity contribution is 8.13. The van der Waals surface area contributed by atoms with Gasteiger partial charge in [0, 0.05) is 24.8 Å². The number of methoxy groups -OCH3 is 1. The molecule has 152 valence electrons. The molecule has 0 saturated carbocycles. The van der Waals surface area contributed by atoms with Crippen LogP contribution in [0.5, 0.6) is 0 Å². The summed E-state index contributed by atoms with van der Waals surface area (Å²) in [4.78, 5) is 25.5. The first-order valence-corrected chi connectivity index (χ1v) is 10.2. The molecule has 1 aliphatic heterocycles. The van der Waals surface area contributed by atoms with Gasteiger partial charge >= 0.3 is 0 Å². The standard InChI is InChI=1S/C21H23FN4O2S/c1-21(7-9-29-20(23)26-21)16-10-14(5-6-17(16)22)11-19(27)18-13-24-15(12-25-18)4-3-8-28-2/h3-6,10,12-13H,7-9,11H2,1-2H3,(H2,23,26)/b4-3-/t21-/m0/s1. The molecule has 8 heteroatoms. The van der Waals surface area contributed by atoms with Crippen molar-refractivity contribution in [2.75, 3.05) is 19.5 Å². The second kappa shape index (κ2) is 9.28. The third kappa shape index (κ3) is 5.27. The van der Waals surface area contributed by atoms with Crippen LogP contribution in [0.3, 0.4) is 0 Å². The number of aliphatic imine (C=N–C) groups is 1. The molecule has 1 atom stereocenters. The maximum atomic E-state index is 14.5. The van der Waals surface area contributed by atoms with E-state index in [2.05, 4.69) is 15.0 Å². The lowest BCUT2D eigenvalue weighted by atomic mass is 9.87. The van der Waals surface area contributed by atoms with Crippen molar-refractivity contribution in [3.05, 3.63) is 65.0 Å². The van der Waals surface area contributed by atoms with Crippen molar-refractivity contribution in [1.29, 1.82) is 0 Å². The van der Waals surface area contributed by atoms with Crippen LogP contribution in [0.25, 0.3) is 6.08 Å². The summed E-state index contributed by atoms with van der Waals surface area (Å²) >= 11 is 1.46. The summed E-state index contributed by atoms with van der Waals surface area (Å²) in [5.74, 6) is 0.240. The van der Waals surface area contributed by atoms with Gasteiger partial charge in [0.25, 0.3) is 0 Å². The predicted octanol–water partition coefficient (Wildman–Crippen LogP) is 3.37. The molecule has 1 aromatic heterocycles. The number of carbonyl (C=O) groups is 1. The minimum Gasteiger partial charge on any atom is -0.381 e. The summed E-state index contributed by atoms with van der Waals surface area (Å²) in [5.41, 5.74) is 7.18. The second-order valence-corrected chi connectivity index (χ2v) is 8.04. The summed E-state index contributed by atoms with van der Waals surface area (Å²) in [6.45, 7) is 2.34. The molecule has 3 rings (SSSR count). The van der Waals surface area contributed by atoms with Crippen LogP contribution >= 0.6 is 11.8 Å². The Morgan fingerprint density at radius 2 is 2.21 bits per heavy atom. The van der Waals surface area contributed by atoms with E-state index in [1.165, 1.54) is 30.2 Å². The number of thioether (sulfide) groups is 1. The maximum Gasteiger partial charge on any atom is 0.187 e. The van der Waals surface area contributed by atoms with Crippen LogP contribution in [0.1, 0.15) is 40.7 Å². The zero-order valence-electron chi connectivity index (χ0n) is 16.4. The van der Waals surface area contributed by atoms with E-state index in [-0.39, 0.29) is 23.7 Å². The van der Waals surface area contributed by atoms with E-state index in [1.54, 1.807) is 25.3 Å². The molecule has 0 saturated heterocycles. The second-order valence-electron chi connectivity index (χ2n) is 6.92. The number of amidine groups is 1. The molecule has 2 heterocycles. The van der Waals surface area contributed by atoms with Crippen molar-refractivity contribution in [1.82, 2.24) is 9.97 Å². The molecule has 0 fully saturated rings. The number of hydrogen-bond acceptors (Lipinski definition) is 7. The number of halogens is 1. The molecule has 0 aliphatic carbocycles. The van der Waals surface area contributed by atoms with Crippen LogP contribution in [-0.4, -0.2) is 40.4 Å². The van der Waals surface area contributed by atoms with Crippen LogP contribution < -0.4 is 5.73 Å². The molecular formula is C21H23FN4O2S. The summed E-state index contributed by atoms with van der Waals surface area (Å²) in [6.07, 6.45) is 7.34. The molecule has 2 N–H and O–H groups in total. The molecular weight excluding hydrogens is 391 g/mol. The average molecular weight is 415 g/mol. The van der Waals surface area contributed by atoms with E-state index in [1.807, 2.05) is 13.0 Å². The minimum atomic E-state index is -0.728. The predicted molar refractivity (Wildman–Crippen MR) is 113 cm³/mol. The van der Waals surface area contributed by atoms with Gasteiger partial charge < -0.3 is 10.5 Å². The molecule has 0 spiro atoms. The van der Waals surface area contributed by atoms with E-state index < -0.39 is 5.54 Å². The number of ketones is 1. The van der Waals surface area contributed by atoms with Crippen LogP contribution in [0, 0.1) is 5.82 Å². The van der Waals surface area contributed by atoms with Crippen LogP contribution in [-0.2, 0) is 16.7 Å². The van der Waals surface area contributed by atoms with E-state index in [0.717, 1.165) is 5.75 Å². The molecule has 0 radical (unpaired) electrons. The number of rotatable bonds is 7. The third-order valence-corrected chi connectivity index (χ3v) is 5.48.